The Morgan fingerprint density at radius 1 is 1.33 bits per heavy atom. The fourth-order valence-corrected chi connectivity index (χ4v) is 1.07. The quantitative estimate of drug-likeness (QED) is 0.787. The number of ether oxygens (including phenoxy) is 1. The predicted molar refractivity (Wildman–Crippen MR) is 62.9 cm³/mol. The summed E-state index contributed by atoms with van der Waals surface area (Å²) in [4.78, 5) is 11.2. The van der Waals surface area contributed by atoms with Gasteiger partial charge in [0.25, 0.3) is 0 Å². The minimum absolute atomic E-state index is 0. The summed E-state index contributed by atoms with van der Waals surface area (Å²) in [5.41, 5.74) is 5.88. The third-order valence-corrected chi connectivity index (χ3v) is 1.83. The van der Waals surface area contributed by atoms with Gasteiger partial charge in [0.05, 0.1) is 13.2 Å². The lowest BCUT2D eigenvalue weighted by Gasteiger charge is -2.04. The lowest BCUT2D eigenvalue weighted by atomic mass is 10.1. The summed E-state index contributed by atoms with van der Waals surface area (Å²) in [7, 11) is 0. The summed E-state index contributed by atoms with van der Waals surface area (Å²) in [5, 5.41) is 0. The van der Waals surface area contributed by atoms with E-state index in [2.05, 4.69) is 0 Å². The average Bonchev–Trinajstić information content (AvgIpc) is 2.26. The van der Waals surface area contributed by atoms with Gasteiger partial charge in [-0.15, -0.1) is 12.4 Å². The molecule has 0 radical (unpaired) electrons. The summed E-state index contributed by atoms with van der Waals surface area (Å²) in [6, 6.07) is 7.05. The zero-order valence-electron chi connectivity index (χ0n) is 8.73. The minimum Gasteiger partial charge on any atom is -0.494 e. The largest absolute Gasteiger partial charge is 0.494 e. The van der Waals surface area contributed by atoms with Crippen LogP contribution in [-0.4, -0.2) is 18.9 Å². The summed E-state index contributed by atoms with van der Waals surface area (Å²) >= 11 is 0. The van der Waals surface area contributed by atoms with Crippen molar-refractivity contribution in [3.63, 3.8) is 0 Å². The number of ketones is 1. The van der Waals surface area contributed by atoms with Crippen LogP contribution in [0.4, 0.5) is 0 Å². The molecule has 84 valence electrons. The first kappa shape index (κ1) is 13.9. The molecule has 0 bridgehead atoms. The van der Waals surface area contributed by atoms with Gasteiger partial charge in [-0.2, -0.15) is 0 Å². The molecule has 1 rings (SSSR count). The lowest BCUT2D eigenvalue weighted by Crippen LogP contribution is -2.13. The maximum Gasteiger partial charge on any atom is 0.176 e. The number of hydrogen-bond acceptors (Lipinski definition) is 3. The van der Waals surface area contributed by atoms with Crippen molar-refractivity contribution < 1.29 is 9.53 Å². The van der Waals surface area contributed by atoms with Crippen LogP contribution in [0.2, 0.25) is 0 Å². The van der Waals surface area contributed by atoms with Crippen molar-refractivity contribution in [2.24, 2.45) is 5.73 Å². The van der Waals surface area contributed by atoms with Gasteiger partial charge in [-0.25, -0.2) is 0 Å². The van der Waals surface area contributed by atoms with Crippen LogP contribution < -0.4 is 10.5 Å². The molecule has 0 saturated carbocycles. The maximum atomic E-state index is 11.2. The smallest absolute Gasteiger partial charge is 0.176 e. The van der Waals surface area contributed by atoms with Crippen LogP contribution in [0.5, 0.6) is 5.75 Å². The monoisotopic (exact) mass is 229 g/mol. The first-order valence-electron chi connectivity index (χ1n) is 4.74. The van der Waals surface area contributed by atoms with Crippen LogP contribution in [0, 0.1) is 0 Å². The fraction of sp³-hybridized carbons (Fsp3) is 0.364. The second-order valence-corrected chi connectivity index (χ2v) is 3.00. The Morgan fingerprint density at radius 2 is 1.93 bits per heavy atom. The van der Waals surface area contributed by atoms with Gasteiger partial charge in [-0.3, -0.25) is 4.79 Å². The van der Waals surface area contributed by atoms with E-state index in [1.165, 1.54) is 0 Å². The molecule has 0 fully saturated rings. The number of halogens is 1. The standard InChI is InChI=1S/C11H15NO2.ClH/c1-2-7-14-10-5-3-9(4-6-10)11(13)8-12;/h3-6H,2,7-8,12H2,1H3;1H. The molecule has 2 N–H and O–H groups in total. The number of benzene rings is 1. The molecule has 15 heavy (non-hydrogen) atoms. The SMILES string of the molecule is CCCOc1ccc(C(=O)CN)cc1.Cl. The molecule has 0 amide bonds. The highest BCUT2D eigenvalue weighted by atomic mass is 35.5. The molecule has 0 unspecified atom stereocenters. The summed E-state index contributed by atoms with van der Waals surface area (Å²) in [6.45, 7) is 2.80. The van der Waals surface area contributed by atoms with Crippen LogP contribution in [0.3, 0.4) is 0 Å². The van der Waals surface area contributed by atoms with Crippen molar-refractivity contribution in [3.8, 4) is 5.75 Å². The van der Waals surface area contributed by atoms with Crippen molar-refractivity contribution in [1.82, 2.24) is 0 Å². The Balaban J connectivity index is 0.00000196. The molecule has 4 heteroatoms. The van der Waals surface area contributed by atoms with E-state index in [1.54, 1.807) is 24.3 Å². The van der Waals surface area contributed by atoms with Gasteiger partial charge < -0.3 is 10.5 Å². The molecule has 0 spiro atoms. The average molecular weight is 230 g/mol. The Bertz CT molecular complexity index is 298. The first-order chi connectivity index (χ1) is 6.77. The molecule has 0 saturated heterocycles. The summed E-state index contributed by atoms with van der Waals surface area (Å²) in [6.07, 6.45) is 0.976. The number of Topliss-reactive ketones (excluding diaryl/α,β-unsaturated/α-hetero) is 1. The van der Waals surface area contributed by atoms with Gasteiger partial charge in [0, 0.05) is 5.56 Å². The van der Waals surface area contributed by atoms with E-state index >= 15 is 0 Å². The Hall–Kier alpha value is -1.06. The fourth-order valence-electron chi connectivity index (χ4n) is 1.07. The molecule has 0 aliphatic rings. The zero-order valence-corrected chi connectivity index (χ0v) is 9.55. The second-order valence-electron chi connectivity index (χ2n) is 3.00. The van der Waals surface area contributed by atoms with E-state index in [0.717, 1.165) is 12.2 Å². The molecule has 0 aliphatic heterocycles. The van der Waals surface area contributed by atoms with E-state index in [4.69, 9.17) is 10.5 Å². The zero-order chi connectivity index (χ0) is 10.4. The lowest BCUT2D eigenvalue weighted by molar-refractivity contribution is 0.100. The van der Waals surface area contributed by atoms with Crippen LogP contribution in [0.25, 0.3) is 0 Å². The molecule has 1 aromatic rings. The molecular formula is C11H16ClNO2. The highest BCUT2D eigenvalue weighted by molar-refractivity contribution is 5.97. The summed E-state index contributed by atoms with van der Waals surface area (Å²) in [5.74, 6) is 0.743. The second kappa shape index (κ2) is 7.26. The Kier molecular flexibility index (Phi) is 6.75. The number of carbonyl (C=O) groups excluding carboxylic acids is 1. The van der Waals surface area contributed by atoms with Gasteiger partial charge in [0.1, 0.15) is 5.75 Å². The number of carbonyl (C=O) groups is 1. The number of nitrogens with two attached hydrogens (primary N) is 1. The van der Waals surface area contributed by atoms with Crippen LogP contribution in [0.15, 0.2) is 24.3 Å². The Labute approximate surface area is 96.0 Å². The predicted octanol–water partition coefficient (Wildman–Crippen LogP) is 2.04. The van der Waals surface area contributed by atoms with Gasteiger partial charge in [-0.1, -0.05) is 6.92 Å². The molecule has 0 heterocycles. The van der Waals surface area contributed by atoms with Gasteiger partial charge in [-0.05, 0) is 30.7 Å². The minimum atomic E-state index is -0.0490. The van der Waals surface area contributed by atoms with Crippen molar-refractivity contribution in [3.05, 3.63) is 29.8 Å². The van der Waals surface area contributed by atoms with Gasteiger partial charge >= 0.3 is 0 Å². The highest BCUT2D eigenvalue weighted by Crippen LogP contribution is 2.12. The topological polar surface area (TPSA) is 52.3 Å². The molecular weight excluding hydrogens is 214 g/mol. The molecule has 0 atom stereocenters. The van der Waals surface area contributed by atoms with Gasteiger partial charge in [0.2, 0.25) is 0 Å². The van der Waals surface area contributed by atoms with E-state index in [-0.39, 0.29) is 24.7 Å². The van der Waals surface area contributed by atoms with Crippen LogP contribution >= 0.6 is 12.4 Å². The van der Waals surface area contributed by atoms with Crippen molar-refractivity contribution >= 4 is 18.2 Å². The highest BCUT2D eigenvalue weighted by Gasteiger charge is 2.02. The van der Waals surface area contributed by atoms with Gasteiger partial charge in [0.15, 0.2) is 5.78 Å². The normalized spacial score (nSPS) is 9.20. The van der Waals surface area contributed by atoms with E-state index in [9.17, 15) is 4.79 Å². The van der Waals surface area contributed by atoms with Crippen LogP contribution in [0.1, 0.15) is 23.7 Å². The molecule has 1 aromatic carbocycles. The van der Waals surface area contributed by atoms with Crippen LogP contribution in [-0.2, 0) is 0 Å². The van der Waals surface area contributed by atoms with E-state index < -0.39 is 0 Å². The van der Waals surface area contributed by atoms with Crippen molar-refractivity contribution in [2.45, 2.75) is 13.3 Å². The van der Waals surface area contributed by atoms with Crippen molar-refractivity contribution in [1.29, 1.82) is 0 Å². The molecule has 0 aromatic heterocycles. The van der Waals surface area contributed by atoms with Crippen molar-refractivity contribution in [2.75, 3.05) is 13.2 Å². The Morgan fingerprint density at radius 3 is 2.40 bits per heavy atom. The number of hydrogen-bond donors (Lipinski definition) is 1. The van der Waals surface area contributed by atoms with E-state index in [1.807, 2.05) is 6.92 Å². The molecule has 0 aliphatic carbocycles. The third-order valence-electron chi connectivity index (χ3n) is 1.83. The third kappa shape index (κ3) is 4.32. The van der Waals surface area contributed by atoms with E-state index in [0.29, 0.717) is 12.2 Å². The first-order valence-corrected chi connectivity index (χ1v) is 4.74. The summed E-state index contributed by atoms with van der Waals surface area (Å²) < 4.78 is 5.38. The number of rotatable bonds is 5. The molecule has 3 nitrogen and oxygen atoms in total. The maximum absolute atomic E-state index is 11.2.